The SMILES string of the molecule is COc1cc(C=O)ccc1O[C@H](C)C(=O)Nc1cc(Cl)ccc1Cl. The molecular weight excluding hydrogens is 353 g/mol. The highest BCUT2D eigenvalue weighted by Crippen LogP contribution is 2.29. The first kappa shape index (κ1) is 18.1. The topological polar surface area (TPSA) is 64.6 Å². The van der Waals surface area contributed by atoms with Crippen molar-refractivity contribution in [3.8, 4) is 11.5 Å². The Morgan fingerprint density at radius 2 is 1.92 bits per heavy atom. The van der Waals surface area contributed by atoms with Gasteiger partial charge in [-0.25, -0.2) is 0 Å². The average Bonchev–Trinajstić information content (AvgIpc) is 2.58. The van der Waals surface area contributed by atoms with Crippen molar-refractivity contribution in [1.82, 2.24) is 0 Å². The third-order valence-corrected chi connectivity index (χ3v) is 3.75. The number of hydrogen-bond donors (Lipinski definition) is 1. The summed E-state index contributed by atoms with van der Waals surface area (Å²) in [6, 6.07) is 9.43. The number of ether oxygens (including phenoxy) is 2. The molecule has 126 valence electrons. The summed E-state index contributed by atoms with van der Waals surface area (Å²) in [5.74, 6) is 0.309. The van der Waals surface area contributed by atoms with Crippen molar-refractivity contribution in [1.29, 1.82) is 0 Å². The molecule has 0 radical (unpaired) electrons. The van der Waals surface area contributed by atoms with Crippen LogP contribution in [0, 0.1) is 0 Å². The van der Waals surface area contributed by atoms with Gasteiger partial charge in [0.2, 0.25) is 0 Å². The summed E-state index contributed by atoms with van der Waals surface area (Å²) < 4.78 is 10.8. The molecule has 0 heterocycles. The van der Waals surface area contributed by atoms with Crippen LogP contribution in [-0.4, -0.2) is 25.4 Å². The molecule has 0 fully saturated rings. The Labute approximate surface area is 149 Å². The molecular formula is C17H15Cl2NO4. The van der Waals surface area contributed by atoms with E-state index in [2.05, 4.69) is 5.32 Å². The number of hydrogen-bond acceptors (Lipinski definition) is 4. The van der Waals surface area contributed by atoms with Crippen LogP contribution in [0.3, 0.4) is 0 Å². The van der Waals surface area contributed by atoms with E-state index in [1.807, 2.05) is 0 Å². The second kappa shape index (κ2) is 8.04. The third-order valence-electron chi connectivity index (χ3n) is 3.18. The summed E-state index contributed by atoms with van der Waals surface area (Å²) in [6.45, 7) is 1.58. The Balaban J connectivity index is 2.11. The molecule has 0 aromatic heterocycles. The number of methoxy groups -OCH3 is 1. The number of anilines is 1. The molecule has 1 atom stereocenters. The van der Waals surface area contributed by atoms with Gasteiger partial charge in [0.15, 0.2) is 17.6 Å². The van der Waals surface area contributed by atoms with Gasteiger partial charge in [0.05, 0.1) is 17.8 Å². The van der Waals surface area contributed by atoms with Gasteiger partial charge in [0, 0.05) is 10.6 Å². The van der Waals surface area contributed by atoms with Gasteiger partial charge in [0.25, 0.3) is 5.91 Å². The van der Waals surface area contributed by atoms with Crippen LogP contribution >= 0.6 is 23.2 Å². The fourth-order valence-electron chi connectivity index (χ4n) is 1.93. The Bertz CT molecular complexity index is 764. The van der Waals surface area contributed by atoms with Gasteiger partial charge in [-0.1, -0.05) is 23.2 Å². The van der Waals surface area contributed by atoms with Crippen molar-refractivity contribution in [2.45, 2.75) is 13.0 Å². The van der Waals surface area contributed by atoms with Crippen molar-refractivity contribution in [2.75, 3.05) is 12.4 Å². The number of halogens is 2. The molecule has 0 saturated carbocycles. The van der Waals surface area contributed by atoms with E-state index >= 15 is 0 Å². The van der Waals surface area contributed by atoms with E-state index in [-0.39, 0.29) is 0 Å². The van der Waals surface area contributed by atoms with E-state index in [1.54, 1.807) is 37.3 Å². The number of benzene rings is 2. The zero-order valence-corrected chi connectivity index (χ0v) is 14.5. The molecule has 2 rings (SSSR count). The van der Waals surface area contributed by atoms with Crippen molar-refractivity contribution < 1.29 is 19.1 Å². The van der Waals surface area contributed by atoms with Crippen molar-refractivity contribution in [3.63, 3.8) is 0 Å². The maximum atomic E-state index is 12.3. The fourth-order valence-corrected chi connectivity index (χ4v) is 2.26. The molecule has 1 N–H and O–H groups in total. The van der Waals surface area contributed by atoms with Crippen LogP contribution in [0.2, 0.25) is 10.0 Å². The summed E-state index contributed by atoms with van der Waals surface area (Å²) in [5.41, 5.74) is 0.842. The Kier molecular flexibility index (Phi) is 6.06. The number of rotatable bonds is 6. The van der Waals surface area contributed by atoms with Gasteiger partial charge in [-0.15, -0.1) is 0 Å². The van der Waals surface area contributed by atoms with Gasteiger partial charge in [0.1, 0.15) is 6.29 Å². The molecule has 7 heteroatoms. The predicted molar refractivity (Wildman–Crippen MR) is 93.6 cm³/mol. The van der Waals surface area contributed by atoms with Crippen molar-refractivity contribution in [3.05, 3.63) is 52.0 Å². The fraction of sp³-hybridized carbons (Fsp3) is 0.176. The van der Waals surface area contributed by atoms with Gasteiger partial charge in [-0.3, -0.25) is 9.59 Å². The molecule has 2 aromatic rings. The molecule has 0 aliphatic carbocycles. The lowest BCUT2D eigenvalue weighted by atomic mass is 10.2. The van der Waals surface area contributed by atoms with E-state index in [0.29, 0.717) is 39.1 Å². The van der Waals surface area contributed by atoms with E-state index < -0.39 is 12.0 Å². The maximum absolute atomic E-state index is 12.3. The number of amides is 1. The van der Waals surface area contributed by atoms with Gasteiger partial charge in [-0.05, 0) is 43.3 Å². The normalized spacial score (nSPS) is 11.5. The standard InChI is InChI=1S/C17H15Cl2NO4/c1-10(17(22)20-14-8-12(18)4-5-13(14)19)24-15-6-3-11(9-21)7-16(15)23-2/h3-10H,1-2H3,(H,20,22)/t10-/m1/s1. The molecule has 0 saturated heterocycles. The van der Waals surface area contributed by atoms with Crippen LogP contribution in [0.15, 0.2) is 36.4 Å². The first-order valence-corrected chi connectivity index (χ1v) is 7.76. The Morgan fingerprint density at radius 1 is 1.17 bits per heavy atom. The van der Waals surface area contributed by atoms with Gasteiger partial charge >= 0.3 is 0 Å². The zero-order valence-electron chi connectivity index (χ0n) is 13.0. The summed E-state index contributed by atoms with van der Waals surface area (Å²) in [4.78, 5) is 23.1. The van der Waals surface area contributed by atoms with Crippen LogP contribution in [-0.2, 0) is 4.79 Å². The summed E-state index contributed by atoms with van der Waals surface area (Å²) in [7, 11) is 1.45. The highest BCUT2D eigenvalue weighted by molar-refractivity contribution is 6.35. The van der Waals surface area contributed by atoms with E-state index in [4.69, 9.17) is 32.7 Å². The lowest BCUT2D eigenvalue weighted by Gasteiger charge is -2.17. The highest BCUT2D eigenvalue weighted by Gasteiger charge is 2.18. The first-order chi connectivity index (χ1) is 11.4. The number of carbonyl (C=O) groups excluding carboxylic acids is 2. The van der Waals surface area contributed by atoms with Crippen molar-refractivity contribution in [2.24, 2.45) is 0 Å². The molecule has 0 unspecified atom stereocenters. The minimum atomic E-state index is -0.823. The lowest BCUT2D eigenvalue weighted by Crippen LogP contribution is -2.30. The first-order valence-electron chi connectivity index (χ1n) is 7.00. The monoisotopic (exact) mass is 367 g/mol. The largest absolute Gasteiger partial charge is 0.493 e. The number of nitrogens with one attached hydrogen (secondary N) is 1. The number of aldehydes is 1. The van der Waals surface area contributed by atoms with Gasteiger partial charge in [-0.2, -0.15) is 0 Å². The van der Waals surface area contributed by atoms with E-state index in [0.717, 1.165) is 0 Å². The smallest absolute Gasteiger partial charge is 0.265 e. The average molecular weight is 368 g/mol. The Hall–Kier alpha value is -2.24. The van der Waals surface area contributed by atoms with Crippen LogP contribution in [0.4, 0.5) is 5.69 Å². The van der Waals surface area contributed by atoms with Crippen LogP contribution in [0.5, 0.6) is 11.5 Å². The number of carbonyl (C=O) groups is 2. The van der Waals surface area contributed by atoms with E-state index in [1.165, 1.54) is 13.2 Å². The predicted octanol–water partition coefficient (Wildman–Crippen LogP) is 4.22. The Morgan fingerprint density at radius 3 is 2.58 bits per heavy atom. The molecule has 0 bridgehead atoms. The minimum absolute atomic E-state index is 0.350. The van der Waals surface area contributed by atoms with E-state index in [9.17, 15) is 9.59 Å². The molecule has 0 aliphatic rings. The highest BCUT2D eigenvalue weighted by atomic mass is 35.5. The summed E-state index contributed by atoms with van der Waals surface area (Å²) in [5, 5.41) is 3.48. The second-order valence-corrected chi connectivity index (χ2v) is 5.75. The van der Waals surface area contributed by atoms with Crippen LogP contribution in [0.25, 0.3) is 0 Å². The second-order valence-electron chi connectivity index (χ2n) is 4.90. The quantitative estimate of drug-likeness (QED) is 0.776. The van der Waals surface area contributed by atoms with Crippen LogP contribution < -0.4 is 14.8 Å². The molecule has 2 aromatic carbocycles. The third kappa shape index (κ3) is 4.40. The van der Waals surface area contributed by atoms with Crippen LogP contribution in [0.1, 0.15) is 17.3 Å². The molecule has 5 nitrogen and oxygen atoms in total. The summed E-state index contributed by atoms with van der Waals surface area (Å²) in [6.07, 6.45) is -0.125. The molecule has 0 aliphatic heterocycles. The molecule has 24 heavy (non-hydrogen) atoms. The van der Waals surface area contributed by atoms with Gasteiger partial charge < -0.3 is 14.8 Å². The maximum Gasteiger partial charge on any atom is 0.265 e. The summed E-state index contributed by atoms with van der Waals surface area (Å²) >= 11 is 11.9. The minimum Gasteiger partial charge on any atom is -0.493 e. The zero-order chi connectivity index (χ0) is 17.7. The molecule has 0 spiro atoms. The lowest BCUT2D eigenvalue weighted by molar-refractivity contribution is -0.122. The van der Waals surface area contributed by atoms with Crippen molar-refractivity contribution >= 4 is 41.1 Å². The molecule has 1 amide bonds.